The van der Waals surface area contributed by atoms with Gasteiger partial charge in [0.1, 0.15) is 4.21 Å². The minimum atomic E-state index is -3.55. The van der Waals surface area contributed by atoms with Crippen LogP contribution in [0.2, 0.25) is 0 Å². The summed E-state index contributed by atoms with van der Waals surface area (Å²) in [6.07, 6.45) is 6.95. The van der Waals surface area contributed by atoms with E-state index in [0.29, 0.717) is 15.9 Å². The Balaban J connectivity index is 1.58. The lowest BCUT2D eigenvalue weighted by atomic mass is 9.96. The van der Waals surface area contributed by atoms with Gasteiger partial charge in [0.15, 0.2) is 5.96 Å². The molecule has 1 fully saturated rings. The number of thiophene rings is 1. The molecule has 2 aliphatic rings. The summed E-state index contributed by atoms with van der Waals surface area (Å²) in [5, 5.41) is 5.27. The molecule has 2 aromatic rings. The Morgan fingerprint density at radius 1 is 1.21 bits per heavy atom. The van der Waals surface area contributed by atoms with Gasteiger partial charge in [-0.25, -0.2) is 13.4 Å². The lowest BCUT2D eigenvalue weighted by Gasteiger charge is -2.27. The molecule has 1 unspecified atom stereocenters. The van der Waals surface area contributed by atoms with Gasteiger partial charge < -0.3 is 10.2 Å². The van der Waals surface area contributed by atoms with E-state index in [2.05, 4.69) is 28.9 Å². The highest BCUT2D eigenvalue weighted by molar-refractivity contribution is 7.94. The van der Waals surface area contributed by atoms with E-state index in [0.717, 1.165) is 36.5 Å². The van der Waals surface area contributed by atoms with Gasteiger partial charge in [-0.2, -0.15) is 0 Å². The third-order valence-corrected chi connectivity index (χ3v) is 8.53. The lowest BCUT2D eigenvalue weighted by molar-refractivity contribution is 0.380. The van der Waals surface area contributed by atoms with Crippen molar-refractivity contribution in [3.05, 3.63) is 41.3 Å². The van der Waals surface area contributed by atoms with E-state index >= 15 is 0 Å². The number of nitrogens with one attached hydrogen (secondary N) is 2. The average molecular weight is 433 g/mol. The van der Waals surface area contributed by atoms with Gasteiger partial charge in [-0.3, -0.25) is 4.72 Å². The highest BCUT2D eigenvalue weighted by atomic mass is 32.2. The lowest BCUT2D eigenvalue weighted by Crippen LogP contribution is -2.39. The number of fused-ring (bicyclic) bond motifs is 1. The zero-order chi connectivity index (χ0) is 20.4. The zero-order valence-electron chi connectivity index (χ0n) is 16.9. The van der Waals surface area contributed by atoms with Gasteiger partial charge in [-0.1, -0.05) is 25.3 Å². The molecule has 6 nitrogen and oxygen atoms in total. The minimum Gasteiger partial charge on any atom is -0.343 e. The number of hydrogen-bond acceptors (Lipinski definition) is 4. The summed E-state index contributed by atoms with van der Waals surface area (Å²) >= 11 is 1.21. The molecule has 8 heteroatoms. The molecule has 1 aromatic carbocycles. The second kappa shape index (κ2) is 8.36. The van der Waals surface area contributed by atoms with Crippen molar-refractivity contribution >= 4 is 38.7 Å². The van der Waals surface area contributed by atoms with Gasteiger partial charge in [0, 0.05) is 24.5 Å². The zero-order valence-corrected chi connectivity index (χ0v) is 18.5. The molecule has 0 saturated heterocycles. The van der Waals surface area contributed by atoms with Crippen LogP contribution >= 0.6 is 11.3 Å². The molecular weight excluding hydrogens is 404 g/mol. The fourth-order valence-electron chi connectivity index (χ4n) is 3.95. The van der Waals surface area contributed by atoms with Crippen LogP contribution in [0.4, 0.5) is 11.4 Å². The smallest absolute Gasteiger partial charge is 0.271 e. The van der Waals surface area contributed by atoms with Crippen molar-refractivity contribution in [2.75, 3.05) is 17.1 Å². The first kappa shape index (κ1) is 20.2. The van der Waals surface area contributed by atoms with Crippen LogP contribution in [0.3, 0.4) is 0 Å². The average Bonchev–Trinajstić information content (AvgIpc) is 3.22. The monoisotopic (exact) mass is 432 g/mol. The van der Waals surface area contributed by atoms with Crippen molar-refractivity contribution in [1.82, 2.24) is 4.90 Å². The fraction of sp³-hybridized carbons (Fsp3) is 0.476. The Labute approximate surface area is 177 Å². The number of sulfonamides is 1. The van der Waals surface area contributed by atoms with Crippen LogP contribution in [-0.2, 0) is 16.4 Å². The van der Waals surface area contributed by atoms with E-state index in [1.54, 1.807) is 17.5 Å². The Bertz CT molecular complexity index is 980. The van der Waals surface area contributed by atoms with Crippen molar-refractivity contribution in [3.63, 3.8) is 0 Å². The maximum Gasteiger partial charge on any atom is 0.271 e. The maximum atomic E-state index is 12.5. The molecule has 2 heterocycles. The molecule has 1 aliphatic heterocycles. The van der Waals surface area contributed by atoms with Crippen molar-refractivity contribution in [1.29, 1.82) is 0 Å². The first-order chi connectivity index (χ1) is 13.9. The van der Waals surface area contributed by atoms with Gasteiger partial charge in [-0.05, 0) is 61.4 Å². The molecule has 1 atom stereocenters. The summed E-state index contributed by atoms with van der Waals surface area (Å²) in [6, 6.07) is 9.69. The summed E-state index contributed by atoms with van der Waals surface area (Å²) in [6.45, 7) is 2.18. The second-order valence-corrected chi connectivity index (χ2v) is 10.8. The fourth-order valence-corrected chi connectivity index (χ4v) is 5.99. The number of anilines is 2. The summed E-state index contributed by atoms with van der Waals surface area (Å²) < 4.78 is 28.1. The Kier molecular flexibility index (Phi) is 5.83. The van der Waals surface area contributed by atoms with Crippen molar-refractivity contribution in [2.45, 2.75) is 61.7 Å². The number of rotatable bonds is 4. The Morgan fingerprint density at radius 2 is 2.00 bits per heavy atom. The molecule has 1 saturated carbocycles. The van der Waals surface area contributed by atoms with E-state index in [1.807, 2.05) is 18.2 Å². The Morgan fingerprint density at radius 3 is 2.72 bits per heavy atom. The molecule has 156 valence electrons. The van der Waals surface area contributed by atoms with E-state index in [4.69, 9.17) is 4.99 Å². The molecule has 4 rings (SSSR count). The maximum absolute atomic E-state index is 12.5. The van der Waals surface area contributed by atoms with Crippen LogP contribution in [0, 0.1) is 0 Å². The van der Waals surface area contributed by atoms with Crippen LogP contribution in [0.25, 0.3) is 0 Å². The van der Waals surface area contributed by atoms with Gasteiger partial charge in [0.2, 0.25) is 0 Å². The SMILES string of the molecule is CC1Cc2cc(NS(=O)(=O)c3cccs3)ccc2NC(=NC2CCCCC2)N1C. The standard InChI is InChI=1S/C21H28N4O2S2/c1-15-13-16-14-18(24-29(26,27)20-9-6-12-28-20)10-11-19(16)23-21(25(15)2)22-17-7-4-3-5-8-17/h6,9-12,14-15,17,24H,3-5,7-8,13H2,1-2H3,(H,22,23). The third-order valence-electron chi connectivity index (χ3n) is 5.75. The highest BCUT2D eigenvalue weighted by Gasteiger charge is 2.24. The van der Waals surface area contributed by atoms with Gasteiger partial charge in [0.05, 0.1) is 6.04 Å². The third kappa shape index (κ3) is 4.59. The normalized spacial score (nSPS) is 22.1. The van der Waals surface area contributed by atoms with Gasteiger partial charge in [0.25, 0.3) is 10.0 Å². The molecule has 0 radical (unpaired) electrons. The molecule has 0 bridgehead atoms. The first-order valence-corrected chi connectivity index (χ1v) is 12.6. The summed E-state index contributed by atoms with van der Waals surface area (Å²) in [7, 11) is -1.47. The van der Waals surface area contributed by atoms with E-state index in [-0.39, 0.29) is 6.04 Å². The first-order valence-electron chi connectivity index (χ1n) is 10.2. The molecule has 0 amide bonds. The van der Waals surface area contributed by atoms with Crippen molar-refractivity contribution < 1.29 is 8.42 Å². The van der Waals surface area contributed by atoms with Crippen molar-refractivity contribution in [3.8, 4) is 0 Å². The number of benzene rings is 1. The molecule has 29 heavy (non-hydrogen) atoms. The number of nitrogens with zero attached hydrogens (tertiary/aromatic N) is 2. The number of hydrogen-bond donors (Lipinski definition) is 2. The molecule has 1 aromatic heterocycles. The van der Waals surface area contributed by atoms with E-state index in [9.17, 15) is 8.42 Å². The van der Waals surface area contributed by atoms with Crippen LogP contribution in [0.1, 0.15) is 44.6 Å². The molecule has 0 spiro atoms. The van der Waals surface area contributed by atoms with Crippen LogP contribution in [0.15, 0.2) is 44.9 Å². The number of guanidine groups is 1. The predicted molar refractivity (Wildman–Crippen MR) is 120 cm³/mol. The highest BCUT2D eigenvalue weighted by Crippen LogP contribution is 2.29. The Hall–Kier alpha value is -2.06. The quantitative estimate of drug-likeness (QED) is 0.745. The second-order valence-electron chi connectivity index (χ2n) is 7.94. The number of aliphatic imine (C=N–C) groups is 1. The van der Waals surface area contributed by atoms with Crippen LogP contribution < -0.4 is 10.0 Å². The summed E-state index contributed by atoms with van der Waals surface area (Å²) in [4.78, 5) is 7.22. The van der Waals surface area contributed by atoms with Gasteiger partial charge >= 0.3 is 0 Å². The molecule has 2 N–H and O–H groups in total. The van der Waals surface area contributed by atoms with Gasteiger partial charge in [-0.15, -0.1) is 11.3 Å². The predicted octanol–water partition coefficient (Wildman–Crippen LogP) is 4.53. The topological polar surface area (TPSA) is 73.8 Å². The van der Waals surface area contributed by atoms with Crippen molar-refractivity contribution in [2.24, 2.45) is 4.99 Å². The molecular formula is C21H28N4O2S2. The summed E-state index contributed by atoms with van der Waals surface area (Å²) in [5.41, 5.74) is 2.67. The van der Waals surface area contributed by atoms with E-state index in [1.165, 1.54) is 30.6 Å². The summed E-state index contributed by atoms with van der Waals surface area (Å²) in [5.74, 6) is 0.912. The van der Waals surface area contributed by atoms with Crippen LogP contribution in [-0.4, -0.2) is 38.4 Å². The minimum absolute atomic E-state index is 0.259. The van der Waals surface area contributed by atoms with Crippen LogP contribution in [0.5, 0.6) is 0 Å². The molecule has 1 aliphatic carbocycles. The van der Waals surface area contributed by atoms with E-state index < -0.39 is 10.0 Å². The number of likely N-dealkylation sites (N-methyl/N-ethyl adjacent to an activating group) is 1. The largest absolute Gasteiger partial charge is 0.343 e.